The predicted molar refractivity (Wildman–Crippen MR) is 379 cm³/mol. The zero-order valence-electron chi connectivity index (χ0n) is 58.3. The van der Waals surface area contributed by atoms with Gasteiger partial charge in [-0.15, -0.1) is 0 Å². The number of carbonyl (C=O) groups is 2. The highest BCUT2D eigenvalue weighted by atomic mass is 16.5. The first-order valence-corrected chi connectivity index (χ1v) is 39.3. The third-order valence-corrected chi connectivity index (χ3v) is 18.4. The SMILES string of the molecule is CCCCCCC/C=C\CCCCCCCC(=O)OCCCCCCCCCCCCCCCC/C=C\CCCCCCCCCCCCCCCCCCCC(=O)NC(CO)C(O)/C=C/CCCCCCCCCCCCCCCCCCCC. The molecule has 0 aliphatic carbocycles. The summed E-state index contributed by atoms with van der Waals surface area (Å²) < 4.78 is 5.49. The van der Waals surface area contributed by atoms with Crippen molar-refractivity contribution in [3.05, 3.63) is 36.5 Å². The molecule has 86 heavy (non-hydrogen) atoms. The number of esters is 1. The third kappa shape index (κ3) is 71.2. The Morgan fingerprint density at radius 2 is 0.547 bits per heavy atom. The molecule has 0 rings (SSSR count). The molecular weight excluding hydrogens is 1050 g/mol. The maximum atomic E-state index is 12.5. The number of aliphatic hydroxyl groups excluding tert-OH is 2. The van der Waals surface area contributed by atoms with Crippen LogP contribution in [-0.2, 0) is 14.3 Å². The van der Waals surface area contributed by atoms with E-state index in [4.69, 9.17) is 4.74 Å². The van der Waals surface area contributed by atoms with E-state index in [9.17, 15) is 19.8 Å². The van der Waals surface area contributed by atoms with Gasteiger partial charge in [0.15, 0.2) is 0 Å². The van der Waals surface area contributed by atoms with Crippen molar-refractivity contribution in [3.63, 3.8) is 0 Å². The van der Waals surface area contributed by atoms with Gasteiger partial charge in [0.25, 0.3) is 0 Å². The number of hydrogen-bond acceptors (Lipinski definition) is 5. The van der Waals surface area contributed by atoms with E-state index < -0.39 is 12.1 Å². The van der Waals surface area contributed by atoms with Crippen LogP contribution in [0.1, 0.15) is 438 Å². The molecule has 6 nitrogen and oxygen atoms in total. The first-order chi connectivity index (χ1) is 42.5. The summed E-state index contributed by atoms with van der Waals surface area (Å²) in [4.78, 5) is 24.6. The molecule has 0 aliphatic heterocycles. The summed E-state index contributed by atoms with van der Waals surface area (Å²) in [5.41, 5.74) is 0. The summed E-state index contributed by atoms with van der Waals surface area (Å²) in [7, 11) is 0. The van der Waals surface area contributed by atoms with Gasteiger partial charge >= 0.3 is 5.97 Å². The van der Waals surface area contributed by atoms with Crippen molar-refractivity contribution < 1.29 is 24.5 Å². The van der Waals surface area contributed by atoms with Crippen molar-refractivity contribution in [2.75, 3.05) is 13.2 Å². The number of carbonyl (C=O) groups excluding carboxylic acids is 2. The van der Waals surface area contributed by atoms with Gasteiger partial charge in [-0.25, -0.2) is 0 Å². The molecule has 0 radical (unpaired) electrons. The number of nitrogens with one attached hydrogen (secondary N) is 1. The van der Waals surface area contributed by atoms with Crippen LogP contribution in [0, 0.1) is 0 Å². The van der Waals surface area contributed by atoms with Crippen molar-refractivity contribution >= 4 is 11.9 Å². The molecule has 0 heterocycles. The topological polar surface area (TPSA) is 95.9 Å². The number of ether oxygens (including phenoxy) is 1. The minimum Gasteiger partial charge on any atom is -0.466 e. The van der Waals surface area contributed by atoms with Crippen LogP contribution in [0.2, 0.25) is 0 Å². The van der Waals surface area contributed by atoms with E-state index in [0.717, 1.165) is 44.9 Å². The van der Waals surface area contributed by atoms with Crippen LogP contribution in [0.25, 0.3) is 0 Å². The Morgan fingerprint density at radius 1 is 0.314 bits per heavy atom. The van der Waals surface area contributed by atoms with Crippen LogP contribution < -0.4 is 5.32 Å². The molecule has 0 fully saturated rings. The molecule has 0 bridgehead atoms. The smallest absolute Gasteiger partial charge is 0.305 e. The van der Waals surface area contributed by atoms with E-state index in [1.165, 1.54) is 366 Å². The maximum Gasteiger partial charge on any atom is 0.305 e. The van der Waals surface area contributed by atoms with Gasteiger partial charge in [-0.3, -0.25) is 9.59 Å². The Kier molecular flexibility index (Phi) is 73.9. The van der Waals surface area contributed by atoms with Crippen LogP contribution in [0.3, 0.4) is 0 Å². The van der Waals surface area contributed by atoms with E-state index in [1.54, 1.807) is 6.08 Å². The Hall–Kier alpha value is -1.92. The minimum atomic E-state index is -0.843. The van der Waals surface area contributed by atoms with E-state index >= 15 is 0 Å². The molecule has 0 saturated heterocycles. The fraction of sp³-hybridized carbons (Fsp3) is 0.900. The molecule has 0 aliphatic rings. The van der Waals surface area contributed by atoms with Gasteiger partial charge in [-0.1, -0.05) is 378 Å². The van der Waals surface area contributed by atoms with E-state index in [-0.39, 0.29) is 18.5 Å². The Balaban J connectivity index is 3.36. The molecule has 0 saturated carbocycles. The number of unbranched alkanes of at least 4 members (excludes halogenated alkanes) is 59. The first-order valence-electron chi connectivity index (χ1n) is 39.3. The van der Waals surface area contributed by atoms with E-state index in [2.05, 4.69) is 43.5 Å². The molecule has 0 aromatic heterocycles. The Bertz CT molecular complexity index is 1390. The normalized spacial score (nSPS) is 12.7. The van der Waals surface area contributed by atoms with Crippen LogP contribution in [-0.4, -0.2) is 47.4 Å². The van der Waals surface area contributed by atoms with Gasteiger partial charge in [-0.2, -0.15) is 0 Å². The number of rotatable bonds is 74. The second-order valence-electron chi connectivity index (χ2n) is 27.0. The zero-order chi connectivity index (χ0) is 62.0. The van der Waals surface area contributed by atoms with Gasteiger partial charge in [0.2, 0.25) is 5.91 Å². The van der Waals surface area contributed by atoms with Crippen molar-refractivity contribution in [2.24, 2.45) is 0 Å². The summed E-state index contributed by atoms with van der Waals surface area (Å²) in [6.45, 7) is 4.94. The number of hydrogen-bond donors (Lipinski definition) is 3. The molecule has 3 N–H and O–H groups in total. The lowest BCUT2D eigenvalue weighted by atomic mass is 10.0. The summed E-state index contributed by atoms with van der Waals surface area (Å²) in [6, 6.07) is -0.626. The second-order valence-corrected chi connectivity index (χ2v) is 27.0. The molecule has 2 atom stereocenters. The highest BCUT2D eigenvalue weighted by Gasteiger charge is 2.18. The number of aliphatic hydroxyl groups is 2. The fourth-order valence-electron chi connectivity index (χ4n) is 12.4. The molecule has 2 unspecified atom stereocenters. The van der Waals surface area contributed by atoms with E-state index in [1.807, 2.05) is 6.08 Å². The average molecular weight is 1210 g/mol. The van der Waals surface area contributed by atoms with Crippen molar-refractivity contribution in [1.82, 2.24) is 5.32 Å². The van der Waals surface area contributed by atoms with Crippen LogP contribution >= 0.6 is 0 Å². The minimum absolute atomic E-state index is 0.0120. The zero-order valence-corrected chi connectivity index (χ0v) is 58.3. The van der Waals surface area contributed by atoms with Crippen LogP contribution in [0.15, 0.2) is 36.5 Å². The summed E-state index contributed by atoms with van der Waals surface area (Å²) in [5, 5.41) is 23.3. The quantitative estimate of drug-likeness (QED) is 0.0320. The molecule has 1 amide bonds. The monoisotopic (exact) mass is 1210 g/mol. The lowest BCUT2D eigenvalue weighted by molar-refractivity contribution is -0.143. The molecule has 6 heteroatoms. The average Bonchev–Trinajstić information content (AvgIpc) is 3.54. The highest BCUT2D eigenvalue weighted by molar-refractivity contribution is 5.76. The van der Waals surface area contributed by atoms with Crippen LogP contribution in [0.5, 0.6) is 0 Å². The molecule has 508 valence electrons. The van der Waals surface area contributed by atoms with Gasteiger partial charge in [0.05, 0.1) is 25.4 Å². The lowest BCUT2D eigenvalue weighted by Gasteiger charge is -2.20. The lowest BCUT2D eigenvalue weighted by Crippen LogP contribution is -2.45. The first kappa shape index (κ1) is 84.1. The predicted octanol–water partition coefficient (Wildman–Crippen LogP) is 25.8. The van der Waals surface area contributed by atoms with Gasteiger partial charge < -0.3 is 20.3 Å². The largest absolute Gasteiger partial charge is 0.466 e. The van der Waals surface area contributed by atoms with Gasteiger partial charge in [0, 0.05) is 12.8 Å². The fourth-order valence-corrected chi connectivity index (χ4v) is 12.4. The van der Waals surface area contributed by atoms with Gasteiger partial charge in [-0.05, 0) is 83.5 Å². The van der Waals surface area contributed by atoms with Crippen molar-refractivity contribution in [3.8, 4) is 0 Å². The maximum absolute atomic E-state index is 12.5. The molecule has 0 aromatic rings. The van der Waals surface area contributed by atoms with Crippen molar-refractivity contribution in [1.29, 1.82) is 0 Å². The summed E-state index contributed by atoms with van der Waals surface area (Å²) >= 11 is 0. The molecule has 0 spiro atoms. The number of amides is 1. The summed E-state index contributed by atoms with van der Waals surface area (Å²) in [6.07, 6.45) is 98.4. The Labute approximate surface area is 538 Å². The third-order valence-electron chi connectivity index (χ3n) is 18.4. The standard InChI is InChI=1S/C80H153NO5/c1-3-5-7-9-11-13-15-17-19-20-21-39-42-45-48-52-56-60-64-68-72-78(83)77(76-82)81-79(84)73-69-65-61-57-53-49-46-43-40-37-35-33-31-29-27-25-23-22-24-26-28-30-32-34-36-38-41-44-47-51-55-59-63-67-71-75-86-80(85)74-70-66-62-58-54-50-18-16-14-12-10-8-6-4-2/h16,18,24,26,68,72,77-78,82-83H,3-15,17,19-23,25,27-67,69-71,73-76H2,1-2H3,(H,81,84)/b18-16-,26-24-,72-68+. The molecular formula is C80H153NO5. The van der Waals surface area contributed by atoms with Crippen molar-refractivity contribution in [2.45, 2.75) is 450 Å². The molecule has 0 aromatic carbocycles. The Morgan fingerprint density at radius 3 is 0.826 bits per heavy atom. The summed E-state index contributed by atoms with van der Waals surface area (Å²) in [5.74, 6) is -0.0482. The highest BCUT2D eigenvalue weighted by Crippen LogP contribution is 2.19. The number of allylic oxidation sites excluding steroid dienone is 5. The van der Waals surface area contributed by atoms with E-state index in [0.29, 0.717) is 19.4 Å². The second kappa shape index (κ2) is 75.5. The van der Waals surface area contributed by atoms with Gasteiger partial charge in [0.1, 0.15) is 0 Å². The van der Waals surface area contributed by atoms with Crippen LogP contribution in [0.4, 0.5) is 0 Å².